The number of aromatic nitrogens is 4. The van der Waals surface area contributed by atoms with Crippen LogP contribution in [0.25, 0.3) is 22.3 Å². The predicted molar refractivity (Wildman–Crippen MR) is 226 cm³/mol. The van der Waals surface area contributed by atoms with Crippen LogP contribution in [0.3, 0.4) is 0 Å². The summed E-state index contributed by atoms with van der Waals surface area (Å²) in [5, 5.41) is 4.77. The van der Waals surface area contributed by atoms with Crippen LogP contribution >= 0.6 is 11.8 Å². The molecule has 0 unspecified atom stereocenters. The number of esters is 1. The number of carbonyl (C=O) groups is 1. The highest BCUT2D eigenvalue weighted by Gasteiger charge is 2.49. The number of methoxy groups -OCH3 is 1. The highest BCUT2D eigenvalue weighted by molar-refractivity contribution is 7.99. The van der Waals surface area contributed by atoms with Gasteiger partial charge in [0.05, 0.1) is 57.1 Å². The van der Waals surface area contributed by atoms with Crippen LogP contribution in [0.15, 0.2) is 64.5 Å². The van der Waals surface area contributed by atoms with Gasteiger partial charge in [-0.3, -0.25) is 4.79 Å². The Morgan fingerprint density at radius 2 is 1.71 bits per heavy atom. The summed E-state index contributed by atoms with van der Waals surface area (Å²) in [7, 11) is -11.7. The van der Waals surface area contributed by atoms with Crippen molar-refractivity contribution in [3.8, 4) is 17.1 Å². The fourth-order valence-corrected chi connectivity index (χ4v) is 12.3. The molecular weight excluding hydrogens is 916 g/mol. The van der Waals surface area contributed by atoms with E-state index >= 15 is 8.78 Å². The second kappa shape index (κ2) is 17.1. The molecule has 0 fully saturated rings. The van der Waals surface area contributed by atoms with Crippen molar-refractivity contribution in [3.63, 3.8) is 0 Å². The van der Waals surface area contributed by atoms with Gasteiger partial charge in [-0.15, -0.1) is 0 Å². The minimum absolute atomic E-state index is 0.0599. The Morgan fingerprint density at radius 3 is 2.37 bits per heavy atom. The molecule has 1 aliphatic heterocycles. The van der Waals surface area contributed by atoms with Gasteiger partial charge in [0.2, 0.25) is 10.0 Å². The number of ether oxygens (including phenoxy) is 1. The van der Waals surface area contributed by atoms with Crippen molar-refractivity contribution in [1.82, 2.24) is 18.7 Å². The minimum Gasteiger partial charge on any atom is -0.469 e. The first-order valence-electron chi connectivity index (χ1n) is 19.4. The van der Waals surface area contributed by atoms with Crippen molar-refractivity contribution in [3.05, 3.63) is 88.9 Å². The lowest BCUT2D eigenvalue weighted by atomic mass is 9.75. The number of halogens is 5. The monoisotopic (exact) mass is 960 g/mol. The van der Waals surface area contributed by atoms with E-state index in [2.05, 4.69) is 9.28 Å². The van der Waals surface area contributed by atoms with Crippen molar-refractivity contribution in [2.45, 2.75) is 80.5 Å². The van der Waals surface area contributed by atoms with Crippen molar-refractivity contribution >= 4 is 58.6 Å². The smallest absolute Gasteiger partial charge is 0.469 e. The van der Waals surface area contributed by atoms with Crippen molar-refractivity contribution in [2.24, 2.45) is 18.4 Å². The Kier molecular flexibility index (Phi) is 13.0. The Bertz CT molecular complexity index is 2950. The third kappa shape index (κ3) is 10.1. The number of benzene rings is 3. The van der Waals surface area contributed by atoms with E-state index in [0.29, 0.717) is 49.1 Å². The van der Waals surface area contributed by atoms with Gasteiger partial charge in [-0.05, 0) is 66.8 Å². The lowest BCUT2D eigenvalue weighted by Crippen LogP contribution is -2.29. The molecule has 2 aromatic heterocycles. The van der Waals surface area contributed by atoms with E-state index in [9.17, 15) is 43.2 Å². The first-order valence-corrected chi connectivity index (χ1v) is 25.3. The summed E-state index contributed by atoms with van der Waals surface area (Å²) in [5.74, 6) is -5.35. The van der Waals surface area contributed by atoms with Gasteiger partial charge in [0.25, 0.3) is 0 Å². The molecule has 0 N–H and O–H groups in total. The number of rotatable bonds is 7. The summed E-state index contributed by atoms with van der Waals surface area (Å²) in [6, 6.07) is 10.8. The lowest BCUT2D eigenvalue weighted by Gasteiger charge is -2.31. The third-order valence-corrected chi connectivity index (χ3v) is 16.3. The van der Waals surface area contributed by atoms with E-state index in [4.69, 9.17) is 9.72 Å². The summed E-state index contributed by atoms with van der Waals surface area (Å²) in [4.78, 5) is 16.1. The van der Waals surface area contributed by atoms with E-state index in [-0.39, 0.29) is 33.9 Å². The quantitative estimate of drug-likeness (QED) is 0.0674. The SMILES string of the molecule is COC(=O)[C@H](C)Cc1cccc([C@@]2(C)CCCC(C)(C)CS(=O)(=O)CCc3c(c(F)cc4c3ccn4S(C)(=O)=O)Sc3cc(c(F)cc3OS(=O)(=O)C(F)(F)F)-c3nc2nn3C)c1. The molecule has 22 heteroatoms. The fraction of sp³-hybridized carbons (Fsp3) is 0.439. The third-order valence-electron chi connectivity index (χ3n) is 11.1. The molecule has 0 aliphatic carbocycles. The largest absolute Gasteiger partial charge is 0.534 e. The molecule has 6 rings (SSSR count). The molecule has 4 bridgehead atoms. The Morgan fingerprint density at radius 1 is 1.02 bits per heavy atom. The molecular formula is C41H45F5N4O9S4. The minimum atomic E-state index is -6.43. The van der Waals surface area contributed by atoms with Crippen molar-refractivity contribution in [2.75, 3.05) is 24.9 Å². The standard InChI is InChI=1S/C41H45F5N4O9S4/c1-24(37(51)58-6)18-25-10-8-11-26(19-25)40(4)15-9-14-39(2,3)23-62(54,55)17-13-28-27-12-16-50(61(7,52)53)32(27)21-31(43)35(28)60-34-20-29(36-47-38(40)48-49(36)5)30(42)22-33(34)59-63(56,57)41(44,45)46/h8,10-12,16,19-22,24H,9,13-15,17-18,23H2,1-7H3/t24-,40-/m1/s1. The number of hydrogen-bond acceptors (Lipinski definition) is 12. The number of fused-ring (bicyclic) bond motifs is 8. The number of carbonyl (C=O) groups excluding carboxylic acids is 1. The molecule has 1 aliphatic rings. The summed E-state index contributed by atoms with van der Waals surface area (Å²) < 4.78 is 163. The van der Waals surface area contributed by atoms with Crippen LogP contribution in [0, 0.1) is 23.0 Å². The first kappa shape index (κ1) is 47.9. The van der Waals surface area contributed by atoms with E-state index < -0.39 is 103 Å². The van der Waals surface area contributed by atoms with Gasteiger partial charge in [-0.1, -0.05) is 63.2 Å². The second-order valence-corrected chi connectivity index (χ2v) is 23.4. The normalized spacial score (nSPS) is 19.1. The molecule has 13 nitrogen and oxygen atoms in total. The number of aryl methyl sites for hydroxylation is 2. The maximum Gasteiger partial charge on any atom is 0.534 e. The topological polar surface area (TPSA) is 174 Å². The second-order valence-electron chi connectivity index (χ2n) is 16.7. The molecule has 5 aromatic rings. The maximum absolute atomic E-state index is 16.5. The number of sulfone groups is 1. The van der Waals surface area contributed by atoms with E-state index in [1.165, 1.54) is 24.9 Å². The van der Waals surface area contributed by atoms with Crippen LogP contribution < -0.4 is 4.18 Å². The number of alkyl halides is 3. The van der Waals surface area contributed by atoms with Gasteiger partial charge in [0, 0.05) is 30.8 Å². The number of nitrogens with zero attached hydrogens (tertiary/aromatic N) is 4. The average molecular weight is 961 g/mol. The molecule has 0 spiro atoms. The Labute approximate surface area is 366 Å². The molecule has 0 saturated carbocycles. The van der Waals surface area contributed by atoms with E-state index in [0.717, 1.165) is 34.1 Å². The average Bonchev–Trinajstić information content (AvgIpc) is 3.77. The Hall–Kier alpha value is -4.54. The summed E-state index contributed by atoms with van der Waals surface area (Å²) in [6.07, 6.45) is 3.07. The van der Waals surface area contributed by atoms with E-state index in [1.54, 1.807) is 26.8 Å². The van der Waals surface area contributed by atoms with Crippen molar-refractivity contribution < 1.29 is 60.9 Å². The van der Waals surface area contributed by atoms with Crippen LogP contribution in [0.2, 0.25) is 0 Å². The summed E-state index contributed by atoms with van der Waals surface area (Å²) in [6.45, 7) is 7.14. The molecule has 3 heterocycles. The zero-order valence-corrected chi connectivity index (χ0v) is 38.5. The van der Waals surface area contributed by atoms with Crippen molar-refractivity contribution in [1.29, 1.82) is 0 Å². The van der Waals surface area contributed by atoms with Crippen LogP contribution in [0.5, 0.6) is 5.75 Å². The first-order chi connectivity index (χ1) is 29.1. The van der Waals surface area contributed by atoms with E-state index in [1.807, 2.05) is 25.1 Å². The van der Waals surface area contributed by atoms with Gasteiger partial charge in [-0.25, -0.2) is 39.3 Å². The molecule has 63 heavy (non-hydrogen) atoms. The highest BCUT2D eigenvalue weighted by Crippen LogP contribution is 2.46. The highest BCUT2D eigenvalue weighted by atomic mass is 32.2. The molecule has 0 amide bonds. The lowest BCUT2D eigenvalue weighted by molar-refractivity contribution is -0.144. The number of hydrogen-bond donors (Lipinski definition) is 0. The maximum atomic E-state index is 16.5. The molecule has 2 atom stereocenters. The molecule has 0 radical (unpaired) electrons. The van der Waals surface area contributed by atoms with Gasteiger partial charge in [-0.2, -0.15) is 26.7 Å². The zero-order chi connectivity index (χ0) is 46.7. The van der Waals surface area contributed by atoms with Crippen LogP contribution in [0.1, 0.15) is 69.5 Å². The van der Waals surface area contributed by atoms with Gasteiger partial charge >= 0.3 is 21.6 Å². The molecule has 342 valence electrons. The Balaban J connectivity index is 1.61. The molecule has 0 saturated heterocycles. The van der Waals surface area contributed by atoms with Gasteiger partial charge < -0.3 is 8.92 Å². The van der Waals surface area contributed by atoms with Crippen LogP contribution in [0.4, 0.5) is 22.0 Å². The predicted octanol–water partition coefficient (Wildman–Crippen LogP) is 7.73. The summed E-state index contributed by atoms with van der Waals surface area (Å²) in [5.41, 5.74) is -6.96. The van der Waals surface area contributed by atoms with Gasteiger partial charge in [0.15, 0.2) is 27.2 Å². The zero-order valence-electron chi connectivity index (χ0n) is 35.2. The van der Waals surface area contributed by atoms with Crippen LogP contribution in [-0.4, -0.2) is 80.3 Å². The van der Waals surface area contributed by atoms with Crippen LogP contribution in [-0.2, 0) is 64.8 Å². The fourth-order valence-electron chi connectivity index (χ4n) is 7.89. The van der Waals surface area contributed by atoms with Gasteiger partial charge in [0.1, 0.15) is 11.6 Å². The summed E-state index contributed by atoms with van der Waals surface area (Å²) >= 11 is 0.330. The molecule has 3 aromatic carbocycles.